The quantitative estimate of drug-likeness (QED) is 0.667. The van der Waals surface area contributed by atoms with E-state index in [1.165, 1.54) is 17.7 Å². The number of hydrogen-bond acceptors (Lipinski definition) is 3. The number of nitrogens with two attached hydrogens (primary N) is 1. The number of primary sulfonamides is 1. The van der Waals surface area contributed by atoms with Crippen LogP contribution in [0.25, 0.3) is 11.3 Å². The van der Waals surface area contributed by atoms with Gasteiger partial charge < -0.3 is 4.74 Å². The van der Waals surface area contributed by atoms with E-state index in [-0.39, 0.29) is 4.90 Å². The molecule has 29 heavy (non-hydrogen) atoms. The highest BCUT2D eigenvalue weighted by Crippen LogP contribution is 2.39. The summed E-state index contributed by atoms with van der Waals surface area (Å²) in [4.78, 5) is 0.0842. The van der Waals surface area contributed by atoms with Crippen molar-refractivity contribution in [2.24, 2.45) is 5.14 Å². The van der Waals surface area contributed by atoms with Gasteiger partial charge in [-0.05, 0) is 52.9 Å². The Morgan fingerprint density at radius 3 is 2.10 bits per heavy atom. The summed E-state index contributed by atoms with van der Waals surface area (Å²) in [5, 5.41) is 5.23. The van der Waals surface area contributed by atoms with Crippen LogP contribution in [0.1, 0.15) is 42.0 Å². The molecule has 0 unspecified atom stereocenters. The zero-order chi connectivity index (χ0) is 20.6. The predicted molar refractivity (Wildman–Crippen MR) is 116 cm³/mol. The SMILES string of the molecule is CC(C)c1ccc(C2=C(c3ccc(S(N)(=O)=O)cc3)Oc3ccccc3C2)cc1. The molecule has 3 aromatic carbocycles. The molecule has 4 rings (SSSR count). The highest BCUT2D eigenvalue weighted by Gasteiger charge is 2.22. The average Bonchev–Trinajstić information content (AvgIpc) is 2.72. The third-order valence-corrected chi connectivity index (χ3v) is 6.13. The molecule has 148 valence electrons. The van der Waals surface area contributed by atoms with Gasteiger partial charge in [0.2, 0.25) is 10.0 Å². The first kappa shape index (κ1) is 19.4. The highest BCUT2D eigenvalue weighted by molar-refractivity contribution is 7.89. The zero-order valence-electron chi connectivity index (χ0n) is 16.4. The lowest BCUT2D eigenvalue weighted by Gasteiger charge is -2.24. The van der Waals surface area contributed by atoms with Crippen molar-refractivity contribution in [3.8, 4) is 5.75 Å². The Morgan fingerprint density at radius 2 is 1.48 bits per heavy atom. The maximum Gasteiger partial charge on any atom is 0.238 e. The third kappa shape index (κ3) is 3.97. The van der Waals surface area contributed by atoms with Gasteiger partial charge in [0.05, 0.1) is 4.90 Å². The second-order valence-corrected chi connectivity index (χ2v) is 9.10. The molecule has 2 N–H and O–H groups in total. The van der Waals surface area contributed by atoms with Gasteiger partial charge in [0, 0.05) is 17.6 Å². The lowest BCUT2D eigenvalue weighted by atomic mass is 9.91. The summed E-state index contributed by atoms with van der Waals surface area (Å²) < 4.78 is 29.5. The fourth-order valence-corrected chi connectivity index (χ4v) is 4.04. The predicted octanol–water partition coefficient (Wildman–Crippen LogP) is 4.96. The molecule has 3 aromatic rings. The Balaban J connectivity index is 1.82. The minimum absolute atomic E-state index is 0.0842. The molecular weight excluding hydrogens is 382 g/mol. The van der Waals surface area contributed by atoms with Crippen LogP contribution in [0.4, 0.5) is 0 Å². The minimum atomic E-state index is -3.73. The summed E-state index contributed by atoms with van der Waals surface area (Å²) >= 11 is 0. The molecule has 5 heteroatoms. The van der Waals surface area contributed by atoms with E-state index >= 15 is 0 Å². The van der Waals surface area contributed by atoms with Crippen molar-refractivity contribution in [2.75, 3.05) is 0 Å². The lowest BCUT2D eigenvalue weighted by molar-refractivity contribution is 0.502. The van der Waals surface area contributed by atoms with Crippen molar-refractivity contribution in [3.63, 3.8) is 0 Å². The van der Waals surface area contributed by atoms with Crippen molar-refractivity contribution in [3.05, 3.63) is 95.1 Å². The van der Waals surface area contributed by atoms with Gasteiger partial charge in [0.1, 0.15) is 11.5 Å². The summed E-state index contributed by atoms with van der Waals surface area (Å²) in [5.41, 5.74) is 5.39. The summed E-state index contributed by atoms with van der Waals surface area (Å²) in [7, 11) is -3.73. The van der Waals surface area contributed by atoms with Crippen molar-refractivity contribution in [1.82, 2.24) is 0 Å². The average molecular weight is 406 g/mol. The van der Waals surface area contributed by atoms with Crippen molar-refractivity contribution in [2.45, 2.75) is 31.1 Å². The van der Waals surface area contributed by atoms with Crippen molar-refractivity contribution < 1.29 is 13.2 Å². The van der Waals surface area contributed by atoms with Gasteiger partial charge in [0.25, 0.3) is 0 Å². The van der Waals surface area contributed by atoms with Gasteiger partial charge in [-0.25, -0.2) is 13.6 Å². The van der Waals surface area contributed by atoms with E-state index in [1.807, 2.05) is 18.2 Å². The summed E-state index contributed by atoms with van der Waals surface area (Å²) in [6, 6.07) is 23.0. The van der Waals surface area contributed by atoms with Crippen LogP contribution in [0.15, 0.2) is 77.7 Å². The Morgan fingerprint density at radius 1 is 0.862 bits per heavy atom. The molecule has 0 aliphatic carbocycles. The van der Waals surface area contributed by atoms with E-state index in [0.717, 1.165) is 40.2 Å². The van der Waals surface area contributed by atoms with E-state index in [0.29, 0.717) is 5.92 Å². The molecule has 0 bridgehead atoms. The summed E-state index contributed by atoms with van der Waals surface area (Å²) in [5.74, 6) is 2.02. The third-order valence-electron chi connectivity index (χ3n) is 5.20. The number of sulfonamides is 1. The number of allylic oxidation sites excluding steroid dienone is 1. The fourth-order valence-electron chi connectivity index (χ4n) is 3.52. The molecule has 0 atom stereocenters. The number of rotatable bonds is 4. The van der Waals surface area contributed by atoms with Crippen LogP contribution in [0, 0.1) is 0 Å². The Labute approximate surface area is 171 Å². The van der Waals surface area contributed by atoms with Gasteiger partial charge in [0.15, 0.2) is 0 Å². The lowest BCUT2D eigenvalue weighted by Crippen LogP contribution is -2.13. The monoisotopic (exact) mass is 405 g/mol. The molecule has 0 aromatic heterocycles. The second-order valence-electron chi connectivity index (χ2n) is 7.54. The molecule has 0 spiro atoms. The first-order chi connectivity index (χ1) is 13.8. The van der Waals surface area contributed by atoms with Crippen LogP contribution in [-0.2, 0) is 16.4 Å². The topological polar surface area (TPSA) is 69.4 Å². The molecule has 1 aliphatic heterocycles. The van der Waals surface area contributed by atoms with Crippen LogP contribution >= 0.6 is 0 Å². The number of hydrogen-bond donors (Lipinski definition) is 1. The van der Waals surface area contributed by atoms with Gasteiger partial charge >= 0.3 is 0 Å². The van der Waals surface area contributed by atoms with Crippen molar-refractivity contribution >= 4 is 21.4 Å². The normalized spacial score (nSPS) is 13.9. The second kappa shape index (κ2) is 7.50. The van der Waals surface area contributed by atoms with Gasteiger partial charge in [-0.2, -0.15) is 0 Å². The summed E-state index contributed by atoms with van der Waals surface area (Å²) in [6.45, 7) is 4.35. The molecule has 0 saturated heterocycles. The molecule has 0 saturated carbocycles. The maximum atomic E-state index is 11.6. The van der Waals surface area contributed by atoms with Crippen LogP contribution in [0.3, 0.4) is 0 Å². The standard InChI is InChI=1S/C24H23NO3S/c1-16(2)17-7-9-18(10-8-17)22-15-20-5-3-4-6-23(20)28-24(22)19-11-13-21(14-12-19)29(25,26)27/h3-14,16H,15H2,1-2H3,(H2,25,26,27). The van der Waals surface area contributed by atoms with E-state index in [4.69, 9.17) is 9.88 Å². The highest BCUT2D eigenvalue weighted by atomic mass is 32.2. The number of para-hydroxylation sites is 1. The molecule has 0 fully saturated rings. The van der Waals surface area contributed by atoms with Crippen LogP contribution in [-0.4, -0.2) is 8.42 Å². The molecule has 0 radical (unpaired) electrons. The maximum absolute atomic E-state index is 11.6. The largest absolute Gasteiger partial charge is 0.456 e. The number of ether oxygens (including phenoxy) is 1. The fraction of sp³-hybridized carbons (Fsp3) is 0.167. The molecule has 1 aliphatic rings. The Bertz CT molecular complexity index is 1180. The van der Waals surface area contributed by atoms with E-state index in [1.54, 1.807) is 12.1 Å². The van der Waals surface area contributed by atoms with E-state index in [2.05, 4.69) is 44.2 Å². The molecule has 4 nitrogen and oxygen atoms in total. The number of benzene rings is 3. The van der Waals surface area contributed by atoms with Crippen LogP contribution in [0.5, 0.6) is 5.75 Å². The summed E-state index contributed by atoms with van der Waals surface area (Å²) in [6.07, 6.45) is 0.740. The Hall–Kier alpha value is -2.89. The Kier molecular flexibility index (Phi) is 5.03. The van der Waals surface area contributed by atoms with Crippen molar-refractivity contribution in [1.29, 1.82) is 0 Å². The minimum Gasteiger partial charge on any atom is -0.456 e. The molecule has 1 heterocycles. The van der Waals surface area contributed by atoms with E-state index in [9.17, 15) is 8.42 Å². The van der Waals surface area contributed by atoms with Crippen LogP contribution < -0.4 is 9.88 Å². The zero-order valence-corrected chi connectivity index (χ0v) is 17.2. The molecular formula is C24H23NO3S. The van der Waals surface area contributed by atoms with E-state index < -0.39 is 10.0 Å². The van der Waals surface area contributed by atoms with Crippen LogP contribution in [0.2, 0.25) is 0 Å². The smallest absolute Gasteiger partial charge is 0.238 e. The van der Waals surface area contributed by atoms with Gasteiger partial charge in [-0.1, -0.05) is 56.3 Å². The number of fused-ring (bicyclic) bond motifs is 1. The molecule has 0 amide bonds. The van der Waals surface area contributed by atoms with Gasteiger partial charge in [-0.3, -0.25) is 0 Å². The first-order valence-corrected chi connectivity index (χ1v) is 11.1. The van der Waals surface area contributed by atoms with Gasteiger partial charge in [-0.15, -0.1) is 0 Å². The first-order valence-electron chi connectivity index (χ1n) is 9.55.